The zero-order chi connectivity index (χ0) is 30.5. The van der Waals surface area contributed by atoms with Crippen LogP contribution in [0.5, 0.6) is 0 Å². The molecular formula is C43H28N2O. The third-order valence-corrected chi connectivity index (χ3v) is 8.85. The lowest BCUT2D eigenvalue weighted by Crippen LogP contribution is -2.12. The van der Waals surface area contributed by atoms with E-state index in [0.29, 0.717) is 0 Å². The second-order valence-corrected chi connectivity index (χ2v) is 11.6. The van der Waals surface area contributed by atoms with Gasteiger partial charge in [0.05, 0.1) is 5.52 Å². The molecule has 9 aromatic rings. The molecule has 0 fully saturated rings. The quantitative estimate of drug-likeness (QED) is 0.187. The van der Waals surface area contributed by atoms with Crippen molar-refractivity contribution < 1.29 is 4.42 Å². The Labute approximate surface area is 266 Å². The van der Waals surface area contributed by atoms with E-state index in [1.54, 1.807) is 0 Å². The highest BCUT2D eigenvalue weighted by Gasteiger charge is 2.20. The van der Waals surface area contributed by atoms with Crippen molar-refractivity contribution in [1.29, 1.82) is 0 Å². The maximum absolute atomic E-state index is 6.38. The molecule has 0 bridgehead atoms. The molecule has 0 N–H and O–H groups in total. The van der Waals surface area contributed by atoms with Gasteiger partial charge in [-0.05, 0) is 58.5 Å². The smallest absolute Gasteiger partial charge is 0.146 e. The van der Waals surface area contributed by atoms with E-state index in [9.17, 15) is 0 Å². The molecule has 7 aromatic carbocycles. The minimum atomic E-state index is 0.895. The number of hydrogen-bond acceptors (Lipinski definition) is 3. The number of hydrogen-bond donors (Lipinski definition) is 0. The topological polar surface area (TPSA) is 29.3 Å². The molecular weight excluding hydrogens is 560 g/mol. The summed E-state index contributed by atoms with van der Waals surface area (Å²) in [7, 11) is 0. The Morgan fingerprint density at radius 3 is 1.91 bits per heavy atom. The zero-order valence-electron chi connectivity index (χ0n) is 25.0. The molecule has 0 amide bonds. The van der Waals surface area contributed by atoms with E-state index in [2.05, 4.69) is 163 Å². The maximum atomic E-state index is 6.38. The van der Waals surface area contributed by atoms with Crippen LogP contribution in [0.2, 0.25) is 0 Å². The number of rotatable bonds is 5. The van der Waals surface area contributed by atoms with Crippen molar-refractivity contribution in [2.75, 3.05) is 4.90 Å². The lowest BCUT2D eigenvalue weighted by atomic mass is 10.0. The van der Waals surface area contributed by atoms with Crippen LogP contribution < -0.4 is 4.90 Å². The first-order valence-corrected chi connectivity index (χ1v) is 15.6. The molecule has 2 aromatic heterocycles. The minimum absolute atomic E-state index is 0.895. The normalized spacial score (nSPS) is 11.5. The summed E-state index contributed by atoms with van der Waals surface area (Å²) in [5.74, 6) is 0.895. The van der Waals surface area contributed by atoms with Gasteiger partial charge in [0.25, 0.3) is 0 Å². The Kier molecular flexibility index (Phi) is 6.14. The van der Waals surface area contributed by atoms with E-state index in [0.717, 1.165) is 72.1 Å². The molecule has 2 heterocycles. The van der Waals surface area contributed by atoms with Gasteiger partial charge in [-0.15, -0.1) is 0 Å². The summed E-state index contributed by atoms with van der Waals surface area (Å²) in [5.41, 5.74) is 9.35. The van der Waals surface area contributed by atoms with Crippen LogP contribution in [-0.4, -0.2) is 4.98 Å². The molecule has 3 heteroatoms. The number of benzene rings is 7. The van der Waals surface area contributed by atoms with Gasteiger partial charge in [-0.25, -0.2) is 4.98 Å². The number of aromatic nitrogens is 1. The Morgan fingerprint density at radius 2 is 1.07 bits per heavy atom. The summed E-state index contributed by atoms with van der Waals surface area (Å²) < 4.78 is 6.38. The van der Waals surface area contributed by atoms with Gasteiger partial charge >= 0.3 is 0 Å². The molecule has 0 aliphatic heterocycles. The predicted molar refractivity (Wildman–Crippen MR) is 192 cm³/mol. The zero-order valence-corrected chi connectivity index (χ0v) is 25.0. The van der Waals surface area contributed by atoms with Crippen molar-refractivity contribution in [2.45, 2.75) is 0 Å². The predicted octanol–water partition coefficient (Wildman–Crippen LogP) is 12.1. The highest BCUT2D eigenvalue weighted by Crippen LogP contribution is 2.42. The monoisotopic (exact) mass is 588 g/mol. The number of nitrogens with zero attached hydrogens (tertiary/aromatic N) is 2. The lowest BCUT2D eigenvalue weighted by molar-refractivity contribution is 0.670. The highest BCUT2D eigenvalue weighted by atomic mass is 16.3. The maximum Gasteiger partial charge on any atom is 0.146 e. The Hall–Kier alpha value is -6.19. The Balaban J connectivity index is 1.24. The molecule has 0 radical (unpaired) electrons. The van der Waals surface area contributed by atoms with Gasteiger partial charge in [-0.2, -0.15) is 0 Å². The van der Waals surface area contributed by atoms with Crippen LogP contribution in [0.3, 0.4) is 0 Å². The van der Waals surface area contributed by atoms with Crippen LogP contribution in [0.25, 0.3) is 65.9 Å². The van der Waals surface area contributed by atoms with Crippen molar-refractivity contribution in [1.82, 2.24) is 4.98 Å². The molecule has 0 spiro atoms. The first-order chi connectivity index (χ1) is 22.8. The SMILES string of the molecule is c1ccc(-c2cccc(N(c3ccc(-c4cccc5c4oc4ccccc45)cc3)c3nc4ccccc4c4ccccc34)c2)cc1. The third kappa shape index (κ3) is 4.33. The van der Waals surface area contributed by atoms with Gasteiger partial charge in [0.15, 0.2) is 0 Å². The van der Waals surface area contributed by atoms with Gasteiger partial charge in [-0.1, -0.05) is 133 Å². The first kappa shape index (κ1) is 26.2. The van der Waals surface area contributed by atoms with E-state index in [1.807, 2.05) is 12.1 Å². The van der Waals surface area contributed by atoms with Crippen LogP contribution in [0.4, 0.5) is 17.2 Å². The molecule has 0 aliphatic rings. The summed E-state index contributed by atoms with van der Waals surface area (Å²) in [6.45, 7) is 0. The van der Waals surface area contributed by atoms with Crippen LogP contribution >= 0.6 is 0 Å². The van der Waals surface area contributed by atoms with Crippen molar-refractivity contribution in [3.8, 4) is 22.3 Å². The second kappa shape index (κ2) is 10.8. The highest BCUT2D eigenvalue weighted by molar-refractivity contribution is 6.12. The van der Waals surface area contributed by atoms with Crippen LogP contribution in [0.1, 0.15) is 0 Å². The third-order valence-electron chi connectivity index (χ3n) is 8.85. The van der Waals surface area contributed by atoms with Crippen LogP contribution in [0.15, 0.2) is 174 Å². The molecule has 0 saturated heterocycles. The standard InChI is InChI=1S/C43H28N2O/c1-2-12-29(13-3-1)31-14-10-15-33(28-31)45(43-39-19-5-4-16-35(39)36-17-6-8-22-40(36)44-43)32-26-24-30(25-27-32)34-20-11-21-38-37-18-7-9-23-41(37)46-42(34)38/h1-28H. The number of para-hydroxylation sites is 3. The number of pyridine rings is 1. The van der Waals surface area contributed by atoms with Crippen molar-refractivity contribution in [3.63, 3.8) is 0 Å². The Bertz CT molecular complexity index is 2530. The molecule has 0 unspecified atom stereocenters. The average molecular weight is 589 g/mol. The van der Waals surface area contributed by atoms with E-state index in [4.69, 9.17) is 9.40 Å². The van der Waals surface area contributed by atoms with Gasteiger partial charge in [0.1, 0.15) is 17.0 Å². The fraction of sp³-hybridized carbons (Fsp3) is 0. The number of furan rings is 1. The van der Waals surface area contributed by atoms with Gasteiger partial charge in [-0.3, -0.25) is 4.90 Å². The van der Waals surface area contributed by atoms with E-state index < -0.39 is 0 Å². The fourth-order valence-corrected chi connectivity index (χ4v) is 6.67. The number of anilines is 3. The molecule has 0 aliphatic carbocycles. The molecule has 0 saturated carbocycles. The van der Waals surface area contributed by atoms with E-state index >= 15 is 0 Å². The van der Waals surface area contributed by atoms with Crippen molar-refractivity contribution >= 4 is 60.8 Å². The second-order valence-electron chi connectivity index (χ2n) is 11.6. The molecule has 216 valence electrons. The molecule has 3 nitrogen and oxygen atoms in total. The lowest BCUT2D eigenvalue weighted by Gasteiger charge is -2.27. The fourth-order valence-electron chi connectivity index (χ4n) is 6.67. The van der Waals surface area contributed by atoms with Gasteiger partial charge < -0.3 is 4.42 Å². The average Bonchev–Trinajstić information content (AvgIpc) is 3.52. The summed E-state index contributed by atoms with van der Waals surface area (Å²) in [6, 6.07) is 59.6. The largest absolute Gasteiger partial charge is 0.455 e. The van der Waals surface area contributed by atoms with Crippen LogP contribution in [-0.2, 0) is 0 Å². The first-order valence-electron chi connectivity index (χ1n) is 15.6. The number of fused-ring (bicyclic) bond motifs is 6. The molecule has 9 rings (SSSR count). The minimum Gasteiger partial charge on any atom is -0.455 e. The summed E-state index contributed by atoms with van der Waals surface area (Å²) in [4.78, 5) is 7.60. The van der Waals surface area contributed by atoms with Crippen molar-refractivity contribution in [3.05, 3.63) is 170 Å². The molecule has 46 heavy (non-hydrogen) atoms. The van der Waals surface area contributed by atoms with E-state index in [1.165, 1.54) is 10.9 Å². The van der Waals surface area contributed by atoms with E-state index in [-0.39, 0.29) is 0 Å². The summed E-state index contributed by atoms with van der Waals surface area (Å²) in [6.07, 6.45) is 0. The van der Waals surface area contributed by atoms with Crippen molar-refractivity contribution in [2.24, 2.45) is 0 Å². The summed E-state index contributed by atoms with van der Waals surface area (Å²) >= 11 is 0. The molecule has 0 atom stereocenters. The summed E-state index contributed by atoms with van der Waals surface area (Å²) in [5, 5.41) is 5.69. The van der Waals surface area contributed by atoms with Gasteiger partial charge in [0.2, 0.25) is 0 Å². The van der Waals surface area contributed by atoms with Gasteiger partial charge in [0, 0.05) is 38.5 Å². The Morgan fingerprint density at radius 1 is 0.413 bits per heavy atom. The van der Waals surface area contributed by atoms with Crippen LogP contribution in [0, 0.1) is 0 Å².